The fourth-order valence-corrected chi connectivity index (χ4v) is 21.5. The molecule has 0 saturated carbocycles. The van der Waals surface area contributed by atoms with Crippen LogP contribution in [0.1, 0.15) is 354 Å². The summed E-state index contributed by atoms with van der Waals surface area (Å²) in [5.41, 5.74) is 52.0. The van der Waals surface area contributed by atoms with Crippen LogP contribution in [0.4, 0.5) is 34.1 Å². The van der Waals surface area contributed by atoms with Gasteiger partial charge in [0.15, 0.2) is 0 Å². The molecule has 2 aliphatic rings. The summed E-state index contributed by atoms with van der Waals surface area (Å²) in [4.78, 5) is 5.00. The Morgan fingerprint density at radius 3 is 0.627 bits per heavy atom. The molecule has 2 heteroatoms. The molecule has 16 aromatic rings. The number of benzene rings is 16. The Balaban J connectivity index is 0.000000221. The van der Waals surface area contributed by atoms with Crippen molar-refractivity contribution in [2.45, 2.75) is 341 Å². The SMILES string of the molecule is C.C.CC(C)(C)c1cc(-c2ccc(-c3cc(N(c4ccc(-c5cc(C(C)(C)C)cc(C(C)(C)C)c5)cc4)c4ccc5c(c4)C(C)(C)c4ccccc4-5)cc(C(C)(C)C)c3)cc2)cc(-c2cc(C(C)(C)C)cc(C(C)(C)C)c2)c1.CC(C)(C)c1ccc(-c2cccc(N(c3cc(-c4ccc(-c5cc(-c6cc(C(C)(C)C)cc(C(C)(C)C)c6)cc(C(C)(C)C)c5)cc4)cc(C(C)(C)C)c3)c3ccc4c(c3)C(C)(C)c3ccccc3-4)c2)cc1. The molecule has 0 atom stereocenters. The maximum atomic E-state index is 2.50. The number of hydrogen-bond acceptors (Lipinski definition) is 2. The van der Waals surface area contributed by atoms with Crippen molar-refractivity contribution >= 4 is 34.1 Å². The molecule has 16 aromatic carbocycles. The van der Waals surface area contributed by atoms with E-state index in [2.05, 4.69) is 600 Å². The van der Waals surface area contributed by atoms with Gasteiger partial charge in [0.1, 0.15) is 0 Å². The van der Waals surface area contributed by atoms with E-state index in [0.29, 0.717) is 0 Å². The highest BCUT2D eigenvalue weighted by molar-refractivity contribution is 5.92. The minimum atomic E-state index is -0.139. The Morgan fingerprint density at radius 2 is 0.333 bits per heavy atom. The molecule has 0 amide bonds. The minimum absolute atomic E-state index is 0. The van der Waals surface area contributed by atoms with Gasteiger partial charge in [-0.05, 0) is 339 Å². The van der Waals surface area contributed by atoms with E-state index in [-0.39, 0.29) is 85.2 Å². The summed E-state index contributed by atoms with van der Waals surface area (Å²) in [5.74, 6) is 0. The third-order valence-corrected chi connectivity index (χ3v) is 31.7. The number of rotatable bonds is 14. The molecule has 0 heterocycles. The van der Waals surface area contributed by atoms with E-state index in [1.165, 1.54) is 195 Å². The highest BCUT2D eigenvalue weighted by Gasteiger charge is 2.40. The molecule has 0 N–H and O–H groups in total. The summed E-state index contributed by atoms with van der Waals surface area (Å²) in [7, 11) is 0. The van der Waals surface area contributed by atoms with Gasteiger partial charge in [-0.2, -0.15) is 0 Å². The lowest BCUT2D eigenvalue weighted by Gasteiger charge is -2.30. The minimum Gasteiger partial charge on any atom is -0.310 e. The van der Waals surface area contributed by atoms with Crippen LogP contribution in [0.25, 0.3) is 111 Å². The molecule has 0 aliphatic heterocycles. The molecule has 2 aliphatic carbocycles. The van der Waals surface area contributed by atoms with E-state index in [1.54, 1.807) is 0 Å². The Hall–Kier alpha value is -12.9. The predicted octanol–water partition coefficient (Wildman–Crippen LogP) is 43.8. The van der Waals surface area contributed by atoms with Crippen LogP contribution in [0.3, 0.4) is 0 Å². The van der Waals surface area contributed by atoms with Gasteiger partial charge in [0, 0.05) is 45.0 Å². The van der Waals surface area contributed by atoms with Gasteiger partial charge in [-0.25, -0.2) is 0 Å². The maximum Gasteiger partial charge on any atom is 0.0470 e. The van der Waals surface area contributed by atoms with E-state index in [1.807, 2.05) is 0 Å². The van der Waals surface area contributed by atoms with E-state index >= 15 is 0 Å². The molecule has 0 saturated heterocycles. The van der Waals surface area contributed by atoms with Gasteiger partial charge in [0.25, 0.3) is 0 Å². The van der Waals surface area contributed by atoms with Crippen LogP contribution >= 0.6 is 0 Å². The van der Waals surface area contributed by atoms with Crippen LogP contribution in [-0.2, 0) is 70.4 Å². The Kier molecular flexibility index (Phi) is 29.7. The summed E-state index contributed by atoms with van der Waals surface area (Å²) in [5, 5.41) is 0. The average molecular weight is 1980 g/mol. The zero-order valence-corrected chi connectivity index (χ0v) is 96.6. The number of fused-ring (bicyclic) bond motifs is 6. The number of hydrogen-bond donors (Lipinski definition) is 0. The Morgan fingerprint density at radius 1 is 0.133 bits per heavy atom. The Labute approximate surface area is 907 Å². The standard InChI is InChI=1S/C75H87N.C71H79N.2CH4/c1-69(2,3)56-36-51(35-52(37-56)54-40-59(72(10,11)12)45-60(41-54)73(13,14)15)48-25-27-49(28-26-48)55-42-61(74(16,17)18)46-64(43-55)76(63-33-34-66-65-23-21-22-24-67(65)75(19,20)68(66)47-63)62-31-29-50(30-32-62)53-38-57(70(4,5)6)44-58(39-53)71(7,8)9;1-66(2,3)54-31-29-46(30-32-54)49-21-20-22-59(41-49)72(60-33-34-63-62-23-18-19-24-64(62)71(16,17)65(63)45-60)61-42-53(40-58(44-61)70(13,14)15)48-27-25-47(26-28-48)50-35-51(37-55(36-50)67(4,5)6)52-38-56(68(7,8)9)43-57(39-52)69(10,11)12;;/h21-47H,1-20H3;18-45H,1-17H3;2*1H4. The van der Waals surface area contributed by atoms with Gasteiger partial charge in [0.2, 0.25) is 0 Å². The molecule has 18 rings (SSSR count). The van der Waals surface area contributed by atoms with Crippen molar-refractivity contribution in [3.8, 4) is 111 Å². The molecule has 2 nitrogen and oxygen atoms in total. The van der Waals surface area contributed by atoms with Crippen molar-refractivity contribution < 1.29 is 0 Å². The normalized spacial score (nSPS) is 13.6. The second-order valence-electron chi connectivity index (χ2n) is 55.6. The van der Waals surface area contributed by atoms with Crippen molar-refractivity contribution in [1.82, 2.24) is 0 Å². The van der Waals surface area contributed by atoms with Gasteiger partial charge in [-0.15, -0.1) is 0 Å². The topological polar surface area (TPSA) is 6.48 Å². The third-order valence-electron chi connectivity index (χ3n) is 31.7. The molecule has 150 heavy (non-hydrogen) atoms. The van der Waals surface area contributed by atoms with Crippen molar-refractivity contribution in [3.05, 3.63) is 417 Å². The molecule has 0 fully saturated rings. The first-order chi connectivity index (χ1) is 68.7. The summed E-state index contributed by atoms with van der Waals surface area (Å²) >= 11 is 0. The summed E-state index contributed by atoms with van der Waals surface area (Å²) in [6.07, 6.45) is 0. The summed E-state index contributed by atoms with van der Waals surface area (Å²) in [6.45, 7) is 86.2. The van der Waals surface area contributed by atoms with Crippen molar-refractivity contribution in [1.29, 1.82) is 0 Å². The second-order valence-corrected chi connectivity index (χ2v) is 55.6. The van der Waals surface area contributed by atoms with Crippen LogP contribution in [0.15, 0.2) is 334 Å². The largest absolute Gasteiger partial charge is 0.310 e. The maximum absolute atomic E-state index is 2.50. The van der Waals surface area contributed by atoms with Crippen LogP contribution in [0.2, 0.25) is 0 Å². The van der Waals surface area contributed by atoms with Gasteiger partial charge < -0.3 is 9.80 Å². The van der Waals surface area contributed by atoms with Crippen molar-refractivity contribution in [2.75, 3.05) is 9.80 Å². The Bertz CT molecular complexity index is 7580. The number of nitrogens with zero attached hydrogens (tertiary/aromatic N) is 2. The lowest BCUT2D eigenvalue weighted by atomic mass is 9.78. The van der Waals surface area contributed by atoms with E-state index in [4.69, 9.17) is 0 Å². The molecule has 0 radical (unpaired) electrons. The van der Waals surface area contributed by atoms with Gasteiger partial charge in [-0.1, -0.05) is 520 Å². The van der Waals surface area contributed by atoms with Crippen LogP contribution < -0.4 is 9.80 Å². The zero-order chi connectivity index (χ0) is 107. The quantitative estimate of drug-likeness (QED) is 0.107. The smallest absolute Gasteiger partial charge is 0.0470 e. The second kappa shape index (κ2) is 40.0. The molecule has 776 valence electrons. The summed E-state index contributed by atoms with van der Waals surface area (Å²) in [6, 6.07) is 129. The molecular formula is C148H174N2. The van der Waals surface area contributed by atoms with E-state index < -0.39 is 0 Å². The fraction of sp³-hybridized carbons (Fsp3) is 0.351. The van der Waals surface area contributed by atoms with Gasteiger partial charge in [0.05, 0.1) is 0 Å². The zero-order valence-electron chi connectivity index (χ0n) is 96.6. The molecule has 0 unspecified atom stereocenters. The first kappa shape index (κ1) is 111. The van der Waals surface area contributed by atoms with E-state index in [0.717, 1.165) is 34.1 Å². The molecular weight excluding hydrogens is 1810 g/mol. The van der Waals surface area contributed by atoms with Crippen LogP contribution in [0.5, 0.6) is 0 Å². The fourth-order valence-electron chi connectivity index (χ4n) is 21.5. The highest BCUT2D eigenvalue weighted by Crippen LogP contribution is 2.56. The predicted molar refractivity (Wildman–Crippen MR) is 660 cm³/mol. The van der Waals surface area contributed by atoms with Gasteiger partial charge in [-0.3, -0.25) is 0 Å². The molecule has 0 spiro atoms. The van der Waals surface area contributed by atoms with Crippen LogP contribution in [-0.4, -0.2) is 0 Å². The summed E-state index contributed by atoms with van der Waals surface area (Å²) < 4.78 is 0. The first-order valence-electron chi connectivity index (χ1n) is 54.5. The first-order valence-corrected chi connectivity index (χ1v) is 54.5. The van der Waals surface area contributed by atoms with Gasteiger partial charge >= 0.3 is 0 Å². The lowest BCUT2D eigenvalue weighted by Crippen LogP contribution is -2.17. The molecule has 0 bridgehead atoms. The molecule has 0 aromatic heterocycles. The highest BCUT2D eigenvalue weighted by atomic mass is 15.1. The van der Waals surface area contributed by atoms with Crippen LogP contribution in [0, 0.1) is 0 Å². The van der Waals surface area contributed by atoms with Crippen molar-refractivity contribution in [2.24, 2.45) is 0 Å². The average Bonchev–Trinajstić information content (AvgIpc) is 1.57. The van der Waals surface area contributed by atoms with E-state index in [9.17, 15) is 0 Å². The van der Waals surface area contributed by atoms with Crippen molar-refractivity contribution in [3.63, 3.8) is 0 Å². The third kappa shape index (κ3) is 23.3. The lowest BCUT2D eigenvalue weighted by molar-refractivity contribution is 0.568. The number of anilines is 6. The monoisotopic (exact) mass is 1980 g/mol.